The number of carbonyl (C=O) groups excluding carboxylic acids is 1. The number of hydrogen-bond donors (Lipinski definition) is 1. The zero-order chi connectivity index (χ0) is 15.6. The molecular weight excluding hydrogens is 311 g/mol. The Bertz CT molecular complexity index is 727. The molecule has 0 aliphatic carbocycles. The molecule has 1 aromatic heterocycles. The van der Waals surface area contributed by atoms with E-state index in [1.165, 1.54) is 6.07 Å². The molecule has 1 heterocycles. The van der Waals surface area contributed by atoms with Crippen molar-refractivity contribution in [2.45, 2.75) is 11.9 Å². The molecule has 112 valence electrons. The summed E-state index contributed by atoms with van der Waals surface area (Å²) in [4.78, 5) is 12.1. The molecule has 5 nitrogen and oxygen atoms in total. The first-order chi connectivity index (χ1) is 9.79. The van der Waals surface area contributed by atoms with Crippen molar-refractivity contribution in [3.8, 4) is 0 Å². The third kappa shape index (κ3) is 3.48. The van der Waals surface area contributed by atoms with Gasteiger partial charge in [-0.05, 0) is 17.7 Å². The fourth-order valence-corrected chi connectivity index (χ4v) is 2.27. The number of aromatic nitrogens is 1. The van der Waals surface area contributed by atoms with Gasteiger partial charge in [-0.1, -0.05) is 11.2 Å². The van der Waals surface area contributed by atoms with Crippen molar-refractivity contribution in [1.29, 1.82) is 0 Å². The maximum atomic E-state index is 12.6. The highest BCUT2D eigenvalue weighted by molar-refractivity contribution is 7.71. The van der Waals surface area contributed by atoms with Crippen LogP contribution in [0, 0.1) is 0 Å². The van der Waals surface area contributed by atoms with Crippen molar-refractivity contribution in [1.82, 2.24) is 5.16 Å². The lowest BCUT2D eigenvalue weighted by Gasteiger charge is -2.10. The molecule has 0 spiro atoms. The summed E-state index contributed by atoms with van der Waals surface area (Å²) < 4.78 is 64.0. The number of carbonyl (C=O) groups is 1. The van der Waals surface area contributed by atoms with E-state index >= 15 is 0 Å². The van der Waals surface area contributed by atoms with Gasteiger partial charge in [0, 0.05) is 11.6 Å². The van der Waals surface area contributed by atoms with Crippen LogP contribution >= 0.6 is 0 Å². The first-order valence-electron chi connectivity index (χ1n) is 5.56. The number of nitrogens with zero attached hydrogens (tertiary/aromatic N) is 1. The van der Waals surface area contributed by atoms with E-state index < -0.39 is 34.0 Å². The van der Waals surface area contributed by atoms with E-state index in [4.69, 9.17) is 0 Å². The standard InChI is InChI=1S/C12H8F3NO4S/c13-12(14,15)8-1-2-9(7(5-8)6-21(18)19)11(17)10-3-4-20-16-10/h1-5,21H,6H2. The predicted octanol–water partition coefficient (Wildman–Crippen LogP) is 2.04. The SMILES string of the molecule is O=C(c1ccon1)c1ccc(C(F)(F)F)cc1C[SH](=O)=O. The van der Waals surface area contributed by atoms with Crippen LogP contribution in [-0.2, 0) is 22.6 Å². The third-order valence-electron chi connectivity index (χ3n) is 2.65. The van der Waals surface area contributed by atoms with Crippen molar-refractivity contribution >= 4 is 16.5 Å². The molecule has 0 aliphatic heterocycles. The predicted molar refractivity (Wildman–Crippen MR) is 65.4 cm³/mol. The van der Waals surface area contributed by atoms with Gasteiger partial charge in [-0.2, -0.15) is 13.2 Å². The topological polar surface area (TPSA) is 77.2 Å². The van der Waals surface area contributed by atoms with Crippen LogP contribution in [0.1, 0.15) is 27.2 Å². The molecular formula is C12H8F3NO4S. The lowest BCUT2D eigenvalue weighted by Crippen LogP contribution is -2.11. The summed E-state index contributed by atoms with van der Waals surface area (Å²) in [5.74, 6) is -1.37. The first-order valence-corrected chi connectivity index (χ1v) is 6.92. The third-order valence-corrected chi connectivity index (χ3v) is 3.25. The zero-order valence-electron chi connectivity index (χ0n) is 10.3. The molecule has 0 aliphatic rings. The van der Waals surface area contributed by atoms with Gasteiger partial charge in [0.25, 0.3) is 0 Å². The number of ketones is 1. The maximum absolute atomic E-state index is 12.6. The highest BCUT2D eigenvalue weighted by Crippen LogP contribution is 2.31. The fraction of sp³-hybridized carbons (Fsp3) is 0.167. The Balaban J connectivity index is 2.52. The second kappa shape index (κ2) is 5.68. The van der Waals surface area contributed by atoms with Gasteiger partial charge in [0.05, 0.1) is 11.3 Å². The maximum Gasteiger partial charge on any atom is 0.416 e. The molecule has 0 atom stereocenters. The van der Waals surface area contributed by atoms with Crippen molar-refractivity contribution in [2.24, 2.45) is 0 Å². The van der Waals surface area contributed by atoms with Gasteiger partial charge in [-0.25, -0.2) is 8.42 Å². The normalized spacial score (nSPS) is 11.8. The molecule has 1 aromatic carbocycles. The van der Waals surface area contributed by atoms with Crippen LogP contribution in [0.2, 0.25) is 0 Å². The molecule has 0 unspecified atom stereocenters. The zero-order valence-corrected chi connectivity index (χ0v) is 11.1. The Morgan fingerprint density at radius 1 is 1.24 bits per heavy atom. The number of rotatable bonds is 4. The summed E-state index contributed by atoms with van der Waals surface area (Å²) in [6.07, 6.45) is -3.50. The quantitative estimate of drug-likeness (QED) is 0.689. The fourth-order valence-electron chi connectivity index (χ4n) is 1.73. The van der Waals surface area contributed by atoms with Gasteiger partial charge in [0.1, 0.15) is 17.0 Å². The van der Waals surface area contributed by atoms with Crippen LogP contribution < -0.4 is 0 Å². The number of halogens is 3. The Morgan fingerprint density at radius 3 is 2.48 bits per heavy atom. The first kappa shape index (κ1) is 15.2. The van der Waals surface area contributed by atoms with E-state index in [0.717, 1.165) is 12.3 Å². The van der Waals surface area contributed by atoms with Crippen LogP contribution in [0.4, 0.5) is 13.2 Å². The van der Waals surface area contributed by atoms with Crippen LogP contribution in [0.25, 0.3) is 0 Å². The summed E-state index contributed by atoms with van der Waals surface area (Å²) >= 11 is 0. The van der Waals surface area contributed by atoms with Crippen LogP contribution in [-0.4, -0.2) is 19.4 Å². The van der Waals surface area contributed by atoms with E-state index in [-0.39, 0.29) is 16.8 Å². The lowest BCUT2D eigenvalue weighted by molar-refractivity contribution is -0.137. The number of benzene rings is 1. The summed E-state index contributed by atoms with van der Waals surface area (Å²) in [7, 11) is -2.99. The molecule has 0 saturated carbocycles. The van der Waals surface area contributed by atoms with E-state index in [1.54, 1.807) is 0 Å². The summed E-state index contributed by atoms with van der Waals surface area (Å²) in [6.45, 7) is 0. The highest BCUT2D eigenvalue weighted by atomic mass is 32.2. The molecule has 0 amide bonds. The smallest absolute Gasteiger partial charge is 0.364 e. The lowest BCUT2D eigenvalue weighted by atomic mass is 10.00. The van der Waals surface area contributed by atoms with Gasteiger partial charge in [0.2, 0.25) is 5.78 Å². The minimum atomic E-state index is -4.63. The number of hydrogen-bond acceptors (Lipinski definition) is 5. The molecule has 0 radical (unpaired) electrons. The second-order valence-electron chi connectivity index (χ2n) is 4.07. The van der Waals surface area contributed by atoms with E-state index in [9.17, 15) is 26.4 Å². The van der Waals surface area contributed by atoms with Crippen LogP contribution in [0.3, 0.4) is 0 Å². The van der Waals surface area contributed by atoms with Crippen molar-refractivity contribution < 1.29 is 30.9 Å². The molecule has 2 aromatic rings. The minimum absolute atomic E-state index is 0.114. The molecule has 0 fully saturated rings. The highest BCUT2D eigenvalue weighted by Gasteiger charge is 2.31. The second-order valence-corrected chi connectivity index (χ2v) is 5.06. The largest absolute Gasteiger partial charge is 0.416 e. The van der Waals surface area contributed by atoms with E-state index in [2.05, 4.69) is 9.68 Å². The Labute approximate surface area is 118 Å². The van der Waals surface area contributed by atoms with Crippen LogP contribution in [0.5, 0.6) is 0 Å². The van der Waals surface area contributed by atoms with Gasteiger partial charge < -0.3 is 4.52 Å². The van der Waals surface area contributed by atoms with Crippen molar-refractivity contribution in [3.63, 3.8) is 0 Å². The molecule has 9 heteroatoms. The monoisotopic (exact) mass is 319 g/mol. The van der Waals surface area contributed by atoms with Gasteiger partial charge >= 0.3 is 6.18 Å². The van der Waals surface area contributed by atoms with Crippen molar-refractivity contribution in [2.75, 3.05) is 0 Å². The molecule has 0 N–H and O–H groups in total. The Morgan fingerprint density at radius 2 is 1.95 bits per heavy atom. The summed E-state index contributed by atoms with van der Waals surface area (Å²) in [5.41, 5.74) is -1.52. The van der Waals surface area contributed by atoms with Crippen LogP contribution in [0.15, 0.2) is 35.1 Å². The summed E-state index contributed by atoms with van der Waals surface area (Å²) in [5, 5.41) is 3.39. The summed E-state index contributed by atoms with van der Waals surface area (Å²) in [6, 6.07) is 3.54. The molecule has 0 bridgehead atoms. The molecule has 21 heavy (non-hydrogen) atoms. The van der Waals surface area contributed by atoms with E-state index in [1.807, 2.05) is 0 Å². The van der Waals surface area contributed by atoms with E-state index in [0.29, 0.717) is 12.1 Å². The van der Waals surface area contributed by atoms with Gasteiger partial charge in [0.15, 0.2) is 5.69 Å². The van der Waals surface area contributed by atoms with Gasteiger partial charge in [-0.3, -0.25) is 4.79 Å². The Kier molecular flexibility index (Phi) is 4.12. The van der Waals surface area contributed by atoms with Crippen molar-refractivity contribution in [3.05, 3.63) is 52.9 Å². The minimum Gasteiger partial charge on any atom is -0.364 e. The number of thiol groups is 1. The molecule has 0 saturated heterocycles. The average Bonchev–Trinajstić information content (AvgIpc) is 2.90. The molecule has 2 rings (SSSR count). The van der Waals surface area contributed by atoms with Gasteiger partial charge in [-0.15, -0.1) is 0 Å². The Hall–Kier alpha value is -2.16. The average molecular weight is 319 g/mol. The number of alkyl halides is 3.